The lowest BCUT2D eigenvalue weighted by Crippen LogP contribution is -2.16. The van der Waals surface area contributed by atoms with E-state index in [9.17, 15) is 9.59 Å². The predicted octanol–water partition coefficient (Wildman–Crippen LogP) is 2.70. The third kappa shape index (κ3) is 4.86. The summed E-state index contributed by atoms with van der Waals surface area (Å²) < 4.78 is 0. The van der Waals surface area contributed by atoms with Crippen LogP contribution in [0, 0.1) is 11.8 Å². The highest BCUT2D eigenvalue weighted by molar-refractivity contribution is 5.91. The molecule has 0 bridgehead atoms. The van der Waals surface area contributed by atoms with Gasteiger partial charge in [-0.1, -0.05) is 30.3 Å². The van der Waals surface area contributed by atoms with Crippen LogP contribution in [0.25, 0.3) is 0 Å². The average Bonchev–Trinajstić information content (AvgIpc) is 3.06. The molecule has 1 aliphatic carbocycles. The first kappa shape index (κ1) is 17.1. The Morgan fingerprint density at radius 1 is 1.08 bits per heavy atom. The Labute approximate surface area is 146 Å². The lowest BCUT2D eigenvalue weighted by atomic mass is 10.00. The van der Waals surface area contributed by atoms with E-state index in [0.717, 1.165) is 30.5 Å². The topological polar surface area (TPSA) is 92.2 Å². The molecular weight excluding hydrogens is 318 g/mol. The molecule has 0 aliphatic heterocycles. The number of hydrogen-bond donors (Lipinski definition) is 2. The van der Waals surface area contributed by atoms with Crippen molar-refractivity contribution in [1.29, 1.82) is 0 Å². The van der Waals surface area contributed by atoms with Gasteiger partial charge < -0.3 is 10.4 Å². The Morgan fingerprint density at radius 2 is 1.88 bits per heavy atom. The highest BCUT2D eigenvalue weighted by Crippen LogP contribution is 2.32. The molecule has 1 amide bonds. The van der Waals surface area contributed by atoms with Crippen LogP contribution in [0.3, 0.4) is 0 Å². The second-order valence-corrected chi connectivity index (χ2v) is 6.54. The maximum atomic E-state index is 12.0. The van der Waals surface area contributed by atoms with E-state index in [4.69, 9.17) is 5.11 Å². The van der Waals surface area contributed by atoms with E-state index in [-0.39, 0.29) is 11.8 Å². The monoisotopic (exact) mass is 339 g/mol. The van der Waals surface area contributed by atoms with Crippen LogP contribution in [0.1, 0.15) is 30.5 Å². The van der Waals surface area contributed by atoms with Gasteiger partial charge in [0.2, 0.25) is 5.91 Å². The Hall–Kier alpha value is -2.76. The van der Waals surface area contributed by atoms with Crippen molar-refractivity contribution < 1.29 is 14.7 Å². The molecule has 0 spiro atoms. The summed E-state index contributed by atoms with van der Waals surface area (Å²) in [6, 6.07) is 13.1. The van der Waals surface area contributed by atoms with Crippen LogP contribution in [0.5, 0.6) is 0 Å². The second-order valence-electron chi connectivity index (χ2n) is 6.54. The van der Waals surface area contributed by atoms with Crippen molar-refractivity contribution in [3.8, 4) is 0 Å². The van der Waals surface area contributed by atoms with Gasteiger partial charge in [-0.2, -0.15) is 5.10 Å². The molecule has 6 nitrogen and oxygen atoms in total. The van der Waals surface area contributed by atoms with Crippen LogP contribution in [0.15, 0.2) is 42.5 Å². The van der Waals surface area contributed by atoms with Crippen molar-refractivity contribution in [1.82, 2.24) is 10.2 Å². The number of carbonyl (C=O) groups excluding carboxylic acids is 1. The van der Waals surface area contributed by atoms with Gasteiger partial charge in [-0.25, -0.2) is 0 Å². The molecule has 0 saturated heterocycles. The number of nitrogens with zero attached hydrogens (tertiary/aromatic N) is 2. The van der Waals surface area contributed by atoms with Gasteiger partial charge in [0, 0.05) is 0 Å². The van der Waals surface area contributed by atoms with E-state index >= 15 is 0 Å². The fourth-order valence-electron chi connectivity index (χ4n) is 3.28. The molecule has 1 aliphatic rings. The number of carboxylic acids is 1. The normalized spacial score (nSPS) is 19.5. The molecule has 0 radical (unpaired) electrons. The first-order valence-corrected chi connectivity index (χ1v) is 8.49. The van der Waals surface area contributed by atoms with Crippen molar-refractivity contribution in [3.05, 3.63) is 53.7 Å². The first-order valence-electron chi connectivity index (χ1n) is 8.49. The number of aromatic nitrogens is 2. The van der Waals surface area contributed by atoms with Crippen LogP contribution >= 0.6 is 0 Å². The fraction of sp³-hybridized carbons (Fsp3) is 0.368. The lowest BCUT2D eigenvalue weighted by Gasteiger charge is -2.09. The zero-order valence-electron chi connectivity index (χ0n) is 13.9. The number of carbonyl (C=O) groups is 2. The summed E-state index contributed by atoms with van der Waals surface area (Å²) in [5.41, 5.74) is 1.77. The summed E-state index contributed by atoms with van der Waals surface area (Å²) in [5.74, 6) is -0.290. The zero-order valence-corrected chi connectivity index (χ0v) is 13.9. The van der Waals surface area contributed by atoms with Gasteiger partial charge in [-0.15, -0.1) is 5.10 Å². The van der Waals surface area contributed by atoms with Crippen molar-refractivity contribution in [2.24, 2.45) is 11.8 Å². The maximum Gasteiger partial charge on any atom is 0.306 e. The minimum atomic E-state index is -0.704. The van der Waals surface area contributed by atoms with Crippen molar-refractivity contribution >= 4 is 17.7 Å². The van der Waals surface area contributed by atoms with E-state index in [1.807, 2.05) is 36.4 Å². The molecule has 1 aromatic heterocycles. The highest BCUT2D eigenvalue weighted by atomic mass is 16.4. The SMILES string of the molecule is O=C(Cc1ccccc1)Nc1ccc(C[C@@H]2CC[C@H](C(=O)O)C2)nn1. The van der Waals surface area contributed by atoms with Crippen molar-refractivity contribution in [3.63, 3.8) is 0 Å². The van der Waals surface area contributed by atoms with E-state index in [1.165, 1.54) is 0 Å². The molecule has 6 heteroatoms. The molecular formula is C19H21N3O3. The summed E-state index contributed by atoms with van der Waals surface area (Å²) >= 11 is 0. The Bertz CT molecular complexity index is 731. The smallest absolute Gasteiger partial charge is 0.306 e. The molecule has 25 heavy (non-hydrogen) atoms. The van der Waals surface area contributed by atoms with Gasteiger partial charge in [0.1, 0.15) is 0 Å². The van der Waals surface area contributed by atoms with Gasteiger partial charge in [-0.05, 0) is 49.3 Å². The minimum Gasteiger partial charge on any atom is -0.481 e. The largest absolute Gasteiger partial charge is 0.481 e. The lowest BCUT2D eigenvalue weighted by molar-refractivity contribution is -0.141. The number of aliphatic carboxylic acids is 1. The van der Waals surface area contributed by atoms with Crippen LogP contribution in [0.4, 0.5) is 5.82 Å². The molecule has 1 heterocycles. The second kappa shape index (κ2) is 7.88. The highest BCUT2D eigenvalue weighted by Gasteiger charge is 2.29. The van der Waals surface area contributed by atoms with Crippen LogP contribution in [-0.4, -0.2) is 27.2 Å². The summed E-state index contributed by atoms with van der Waals surface area (Å²) in [6.45, 7) is 0. The third-order valence-corrected chi connectivity index (χ3v) is 4.58. The first-order chi connectivity index (χ1) is 12.1. The standard InChI is InChI=1S/C19H21N3O3/c23-18(12-13-4-2-1-3-5-13)20-17-9-8-16(21-22-17)11-14-6-7-15(10-14)19(24)25/h1-5,8-9,14-15H,6-7,10-12H2,(H,24,25)(H,20,22,23)/t14-,15+/m1/s1. The Morgan fingerprint density at radius 3 is 2.52 bits per heavy atom. The van der Waals surface area contributed by atoms with E-state index in [0.29, 0.717) is 24.6 Å². The van der Waals surface area contributed by atoms with E-state index in [1.54, 1.807) is 6.07 Å². The zero-order chi connectivity index (χ0) is 17.6. The van der Waals surface area contributed by atoms with Crippen molar-refractivity contribution in [2.75, 3.05) is 5.32 Å². The predicted molar refractivity (Wildman–Crippen MR) is 93.0 cm³/mol. The van der Waals surface area contributed by atoms with Gasteiger partial charge >= 0.3 is 5.97 Å². The van der Waals surface area contributed by atoms with Crippen LogP contribution < -0.4 is 5.32 Å². The van der Waals surface area contributed by atoms with Gasteiger partial charge in [-0.3, -0.25) is 9.59 Å². The number of hydrogen-bond acceptors (Lipinski definition) is 4. The summed E-state index contributed by atoms with van der Waals surface area (Å²) in [4.78, 5) is 23.0. The molecule has 0 unspecified atom stereocenters. The van der Waals surface area contributed by atoms with Gasteiger partial charge in [0.25, 0.3) is 0 Å². The number of amides is 1. The van der Waals surface area contributed by atoms with Gasteiger partial charge in [0.15, 0.2) is 5.82 Å². The van der Waals surface area contributed by atoms with Crippen molar-refractivity contribution in [2.45, 2.75) is 32.1 Å². The number of anilines is 1. The third-order valence-electron chi connectivity index (χ3n) is 4.58. The molecule has 2 atom stereocenters. The molecule has 1 aromatic carbocycles. The Kier molecular flexibility index (Phi) is 5.38. The number of rotatable bonds is 6. The molecule has 2 aromatic rings. The van der Waals surface area contributed by atoms with Crippen LogP contribution in [0.2, 0.25) is 0 Å². The average molecular weight is 339 g/mol. The quantitative estimate of drug-likeness (QED) is 0.844. The summed E-state index contributed by atoms with van der Waals surface area (Å²) in [6.07, 6.45) is 3.37. The van der Waals surface area contributed by atoms with E-state index < -0.39 is 5.97 Å². The van der Waals surface area contributed by atoms with Crippen LogP contribution in [-0.2, 0) is 22.4 Å². The Balaban J connectivity index is 1.50. The number of nitrogens with one attached hydrogen (secondary N) is 1. The summed E-state index contributed by atoms with van der Waals surface area (Å²) in [7, 11) is 0. The molecule has 1 fully saturated rings. The number of benzene rings is 1. The molecule has 1 saturated carbocycles. The number of carboxylic acid groups (broad SMARTS) is 1. The molecule has 2 N–H and O–H groups in total. The minimum absolute atomic E-state index is 0.131. The molecule has 3 rings (SSSR count). The molecule has 130 valence electrons. The maximum absolute atomic E-state index is 12.0. The van der Waals surface area contributed by atoms with Gasteiger partial charge in [0.05, 0.1) is 18.0 Å². The fourth-order valence-corrected chi connectivity index (χ4v) is 3.28. The summed E-state index contributed by atoms with van der Waals surface area (Å²) in [5, 5.41) is 20.0. The van der Waals surface area contributed by atoms with E-state index in [2.05, 4.69) is 15.5 Å².